The van der Waals surface area contributed by atoms with E-state index in [0.717, 1.165) is 25.3 Å². The molecule has 0 aliphatic heterocycles. The van der Waals surface area contributed by atoms with E-state index in [1.54, 1.807) is 0 Å². The second-order valence-electron chi connectivity index (χ2n) is 7.27. The number of rotatable bonds is 4. The summed E-state index contributed by atoms with van der Waals surface area (Å²) >= 11 is 0. The van der Waals surface area contributed by atoms with Gasteiger partial charge >= 0.3 is 6.18 Å². The third-order valence-electron chi connectivity index (χ3n) is 5.69. The summed E-state index contributed by atoms with van der Waals surface area (Å²) in [5.74, 6) is 0.514. The van der Waals surface area contributed by atoms with Crippen LogP contribution in [-0.4, -0.2) is 18.8 Å². The Kier molecular flexibility index (Phi) is 5.98. The van der Waals surface area contributed by atoms with E-state index >= 15 is 0 Å². The van der Waals surface area contributed by atoms with E-state index in [2.05, 4.69) is 19.2 Å². The predicted octanol–water partition coefficient (Wildman–Crippen LogP) is 5.16. The van der Waals surface area contributed by atoms with Gasteiger partial charge in [-0.15, -0.1) is 0 Å². The van der Waals surface area contributed by atoms with Crippen LogP contribution < -0.4 is 5.32 Å². The van der Waals surface area contributed by atoms with Gasteiger partial charge in [-0.25, -0.2) is 0 Å². The lowest BCUT2D eigenvalue weighted by Crippen LogP contribution is -2.46. The van der Waals surface area contributed by atoms with Crippen LogP contribution in [0.5, 0.6) is 0 Å². The van der Waals surface area contributed by atoms with Crippen molar-refractivity contribution >= 4 is 0 Å². The molecule has 0 spiro atoms. The molecule has 3 atom stereocenters. The smallest absolute Gasteiger partial charge is 0.314 e. The van der Waals surface area contributed by atoms with E-state index in [0.29, 0.717) is 24.8 Å². The Morgan fingerprint density at radius 1 is 1.00 bits per heavy atom. The van der Waals surface area contributed by atoms with Gasteiger partial charge in [0.05, 0.1) is 5.92 Å². The van der Waals surface area contributed by atoms with Crippen molar-refractivity contribution in [1.29, 1.82) is 0 Å². The number of alkyl halides is 3. The Hall–Kier alpha value is -0.250. The summed E-state index contributed by atoms with van der Waals surface area (Å²) in [4.78, 5) is 0. The first-order valence-corrected chi connectivity index (χ1v) is 8.71. The fourth-order valence-electron chi connectivity index (χ4n) is 4.45. The molecule has 0 amide bonds. The zero-order valence-electron chi connectivity index (χ0n) is 13.4. The lowest BCUT2D eigenvalue weighted by molar-refractivity contribution is -0.187. The van der Waals surface area contributed by atoms with Crippen LogP contribution in [0.4, 0.5) is 13.2 Å². The highest BCUT2D eigenvalue weighted by Gasteiger charge is 2.44. The summed E-state index contributed by atoms with van der Waals surface area (Å²) in [5, 5.41) is 3.54. The molecule has 0 bridgehead atoms. The van der Waals surface area contributed by atoms with Crippen molar-refractivity contribution in [3.05, 3.63) is 0 Å². The summed E-state index contributed by atoms with van der Waals surface area (Å²) in [5.41, 5.74) is 0. The molecule has 1 nitrogen and oxygen atoms in total. The minimum absolute atomic E-state index is 0.212. The Labute approximate surface area is 127 Å². The first-order valence-electron chi connectivity index (χ1n) is 8.71. The summed E-state index contributed by atoms with van der Waals surface area (Å²) in [7, 11) is 0. The van der Waals surface area contributed by atoms with E-state index < -0.39 is 12.1 Å². The molecule has 21 heavy (non-hydrogen) atoms. The van der Waals surface area contributed by atoms with E-state index in [9.17, 15) is 13.2 Å². The minimum atomic E-state index is -4.00. The molecule has 0 heterocycles. The topological polar surface area (TPSA) is 12.0 Å². The van der Waals surface area contributed by atoms with Gasteiger partial charge in [-0.05, 0) is 56.4 Å². The largest absolute Gasteiger partial charge is 0.391 e. The molecule has 0 radical (unpaired) electrons. The van der Waals surface area contributed by atoms with Crippen LogP contribution in [0.2, 0.25) is 0 Å². The predicted molar refractivity (Wildman–Crippen MR) is 80.1 cm³/mol. The second-order valence-corrected chi connectivity index (χ2v) is 7.27. The summed E-state index contributed by atoms with van der Waals surface area (Å²) in [6, 6.07) is 0.299. The quantitative estimate of drug-likeness (QED) is 0.756. The maximum Gasteiger partial charge on any atom is 0.391 e. The van der Waals surface area contributed by atoms with Crippen molar-refractivity contribution in [1.82, 2.24) is 5.32 Å². The number of hydrogen-bond acceptors (Lipinski definition) is 1. The highest BCUT2D eigenvalue weighted by atomic mass is 19.4. The van der Waals surface area contributed by atoms with Crippen molar-refractivity contribution in [3.63, 3.8) is 0 Å². The zero-order chi connectivity index (χ0) is 15.5. The fraction of sp³-hybridized carbons (Fsp3) is 1.00. The Morgan fingerprint density at radius 3 is 2.24 bits per heavy atom. The van der Waals surface area contributed by atoms with Gasteiger partial charge < -0.3 is 5.32 Å². The van der Waals surface area contributed by atoms with Gasteiger partial charge in [-0.2, -0.15) is 13.2 Å². The van der Waals surface area contributed by atoms with Gasteiger partial charge in [0, 0.05) is 6.04 Å². The normalized spacial score (nSPS) is 36.4. The Balaban J connectivity index is 2.00. The second kappa shape index (κ2) is 7.34. The molecule has 4 heteroatoms. The molecule has 2 aliphatic rings. The van der Waals surface area contributed by atoms with E-state index in [4.69, 9.17) is 0 Å². The number of halogens is 3. The molecule has 2 fully saturated rings. The standard InChI is InChI=1S/C17H30F3N/c1-3-21-16(13-9-7-12(2)8-10-13)14-5-4-6-15(11-14)17(18,19)20/h12-16,21H,3-11H2,1-2H3. The van der Waals surface area contributed by atoms with Crippen LogP contribution >= 0.6 is 0 Å². The van der Waals surface area contributed by atoms with Crippen molar-refractivity contribution in [2.75, 3.05) is 6.54 Å². The lowest BCUT2D eigenvalue weighted by atomic mass is 9.69. The monoisotopic (exact) mass is 305 g/mol. The number of nitrogens with one attached hydrogen (secondary N) is 1. The van der Waals surface area contributed by atoms with Crippen molar-refractivity contribution in [2.24, 2.45) is 23.7 Å². The van der Waals surface area contributed by atoms with Crippen molar-refractivity contribution in [2.45, 2.75) is 77.4 Å². The van der Waals surface area contributed by atoms with Crippen LogP contribution in [0, 0.1) is 23.7 Å². The maximum absolute atomic E-state index is 13.0. The third kappa shape index (κ3) is 4.61. The molecule has 2 saturated carbocycles. The fourth-order valence-corrected chi connectivity index (χ4v) is 4.45. The highest BCUT2D eigenvalue weighted by molar-refractivity contribution is 4.90. The molecule has 2 rings (SSSR count). The molecule has 0 aromatic heterocycles. The highest BCUT2D eigenvalue weighted by Crippen LogP contribution is 2.43. The average molecular weight is 305 g/mol. The summed E-state index contributed by atoms with van der Waals surface area (Å²) in [6.45, 7) is 5.23. The van der Waals surface area contributed by atoms with Gasteiger partial charge in [0.1, 0.15) is 0 Å². The molecule has 0 saturated heterocycles. The molecular weight excluding hydrogens is 275 g/mol. The molecule has 2 aliphatic carbocycles. The van der Waals surface area contributed by atoms with Crippen molar-refractivity contribution in [3.8, 4) is 0 Å². The van der Waals surface area contributed by atoms with Crippen LogP contribution in [-0.2, 0) is 0 Å². The maximum atomic E-state index is 13.0. The van der Waals surface area contributed by atoms with Crippen LogP contribution in [0.1, 0.15) is 65.2 Å². The van der Waals surface area contributed by atoms with Gasteiger partial charge in [0.2, 0.25) is 0 Å². The molecule has 124 valence electrons. The number of hydrogen-bond donors (Lipinski definition) is 1. The van der Waals surface area contributed by atoms with Crippen LogP contribution in [0.3, 0.4) is 0 Å². The van der Waals surface area contributed by atoms with E-state index in [-0.39, 0.29) is 5.92 Å². The molecule has 1 N–H and O–H groups in total. The Morgan fingerprint density at radius 2 is 1.67 bits per heavy atom. The average Bonchev–Trinajstić information content (AvgIpc) is 2.45. The molecule has 0 aromatic carbocycles. The first kappa shape index (κ1) is 17.1. The lowest BCUT2D eigenvalue weighted by Gasteiger charge is -2.41. The van der Waals surface area contributed by atoms with Crippen LogP contribution in [0.25, 0.3) is 0 Å². The zero-order valence-corrected chi connectivity index (χ0v) is 13.4. The SMILES string of the molecule is CCNC(C1CCC(C)CC1)C1CCCC(C(F)(F)F)C1. The molecule has 3 unspecified atom stereocenters. The Bertz CT molecular complexity index is 308. The van der Waals surface area contributed by atoms with E-state index in [1.807, 2.05) is 0 Å². The van der Waals surface area contributed by atoms with Crippen molar-refractivity contribution < 1.29 is 13.2 Å². The van der Waals surface area contributed by atoms with Gasteiger partial charge in [-0.3, -0.25) is 0 Å². The molecule has 0 aromatic rings. The summed E-state index contributed by atoms with van der Waals surface area (Å²) < 4.78 is 39.1. The van der Waals surface area contributed by atoms with Gasteiger partial charge in [0.25, 0.3) is 0 Å². The van der Waals surface area contributed by atoms with E-state index in [1.165, 1.54) is 25.7 Å². The molecular formula is C17H30F3N. The van der Waals surface area contributed by atoms with Gasteiger partial charge in [0.15, 0.2) is 0 Å². The summed E-state index contributed by atoms with van der Waals surface area (Å²) in [6.07, 6.45) is 3.22. The van der Waals surface area contributed by atoms with Gasteiger partial charge in [-0.1, -0.05) is 33.1 Å². The van der Waals surface area contributed by atoms with Crippen LogP contribution in [0.15, 0.2) is 0 Å². The minimum Gasteiger partial charge on any atom is -0.314 e. The first-order chi connectivity index (χ1) is 9.91. The third-order valence-corrected chi connectivity index (χ3v) is 5.69.